The summed E-state index contributed by atoms with van der Waals surface area (Å²) >= 11 is 5.36. The Morgan fingerprint density at radius 2 is 1.89 bits per heavy atom. The molecular formula is C16H23NS. The van der Waals surface area contributed by atoms with Gasteiger partial charge in [-0.05, 0) is 43.7 Å². The van der Waals surface area contributed by atoms with Crippen molar-refractivity contribution in [2.24, 2.45) is 11.7 Å². The van der Waals surface area contributed by atoms with Gasteiger partial charge >= 0.3 is 0 Å². The van der Waals surface area contributed by atoms with Crippen molar-refractivity contribution in [1.82, 2.24) is 0 Å². The standard InChI is InChI=1S/C16H23NS/c1-11-8-9-12(2)14(10-11)15(16(17)18)13-6-4-3-5-7-13/h8-10,13,15H,3-7H2,1-2H3,(H2,17,18). The second-order valence-electron chi connectivity index (χ2n) is 5.64. The van der Waals surface area contributed by atoms with Gasteiger partial charge in [0.2, 0.25) is 0 Å². The highest BCUT2D eigenvalue weighted by Gasteiger charge is 2.28. The van der Waals surface area contributed by atoms with E-state index in [2.05, 4.69) is 32.0 Å². The van der Waals surface area contributed by atoms with E-state index in [4.69, 9.17) is 18.0 Å². The average Bonchev–Trinajstić information content (AvgIpc) is 2.35. The third-order valence-corrected chi connectivity index (χ3v) is 4.45. The fourth-order valence-electron chi connectivity index (χ4n) is 3.20. The molecule has 2 N–H and O–H groups in total. The van der Waals surface area contributed by atoms with E-state index in [1.165, 1.54) is 48.8 Å². The van der Waals surface area contributed by atoms with Crippen LogP contribution in [-0.2, 0) is 0 Å². The highest BCUT2D eigenvalue weighted by atomic mass is 32.1. The molecule has 0 aliphatic heterocycles. The quantitative estimate of drug-likeness (QED) is 0.823. The Morgan fingerprint density at radius 3 is 2.50 bits per heavy atom. The van der Waals surface area contributed by atoms with Crippen LogP contribution >= 0.6 is 12.2 Å². The van der Waals surface area contributed by atoms with E-state index in [0.717, 1.165) is 0 Å². The lowest BCUT2D eigenvalue weighted by molar-refractivity contribution is 0.341. The summed E-state index contributed by atoms with van der Waals surface area (Å²) in [5.41, 5.74) is 10.0. The molecule has 98 valence electrons. The zero-order chi connectivity index (χ0) is 13.1. The largest absolute Gasteiger partial charge is 0.393 e. The Balaban J connectivity index is 2.34. The lowest BCUT2D eigenvalue weighted by atomic mass is 9.75. The minimum absolute atomic E-state index is 0.278. The first kappa shape index (κ1) is 13.5. The molecule has 0 amide bonds. The number of aryl methyl sites for hydroxylation is 2. The maximum atomic E-state index is 6.05. The number of hydrogen-bond acceptors (Lipinski definition) is 1. The van der Waals surface area contributed by atoms with Crippen molar-refractivity contribution in [3.8, 4) is 0 Å². The fraction of sp³-hybridized carbons (Fsp3) is 0.562. The SMILES string of the molecule is Cc1ccc(C)c(C(C(N)=S)C2CCCCC2)c1. The summed E-state index contributed by atoms with van der Waals surface area (Å²) in [6.07, 6.45) is 6.57. The Hall–Kier alpha value is -0.890. The molecule has 1 unspecified atom stereocenters. The van der Waals surface area contributed by atoms with Gasteiger partial charge in [0.1, 0.15) is 0 Å². The monoisotopic (exact) mass is 261 g/mol. The van der Waals surface area contributed by atoms with Gasteiger partial charge < -0.3 is 5.73 Å². The van der Waals surface area contributed by atoms with Crippen LogP contribution in [0.25, 0.3) is 0 Å². The highest BCUT2D eigenvalue weighted by molar-refractivity contribution is 7.80. The molecule has 0 radical (unpaired) electrons. The zero-order valence-electron chi connectivity index (χ0n) is 11.4. The van der Waals surface area contributed by atoms with E-state index in [-0.39, 0.29) is 5.92 Å². The highest BCUT2D eigenvalue weighted by Crippen LogP contribution is 2.37. The van der Waals surface area contributed by atoms with Crippen LogP contribution in [0.4, 0.5) is 0 Å². The van der Waals surface area contributed by atoms with Crippen molar-refractivity contribution in [1.29, 1.82) is 0 Å². The predicted molar refractivity (Wildman–Crippen MR) is 82.0 cm³/mol. The van der Waals surface area contributed by atoms with Crippen LogP contribution < -0.4 is 5.73 Å². The molecule has 1 nitrogen and oxygen atoms in total. The molecular weight excluding hydrogens is 238 g/mol. The van der Waals surface area contributed by atoms with Crippen LogP contribution in [0.5, 0.6) is 0 Å². The lowest BCUT2D eigenvalue weighted by Gasteiger charge is -2.31. The van der Waals surface area contributed by atoms with Crippen molar-refractivity contribution in [2.45, 2.75) is 51.9 Å². The maximum Gasteiger partial charge on any atom is 0.0806 e. The summed E-state index contributed by atoms with van der Waals surface area (Å²) in [6.45, 7) is 4.31. The molecule has 1 aliphatic carbocycles. The maximum absolute atomic E-state index is 6.05. The van der Waals surface area contributed by atoms with Crippen molar-refractivity contribution in [3.63, 3.8) is 0 Å². The molecule has 1 fully saturated rings. The molecule has 18 heavy (non-hydrogen) atoms. The van der Waals surface area contributed by atoms with Crippen LogP contribution in [0, 0.1) is 19.8 Å². The van der Waals surface area contributed by atoms with Gasteiger partial charge in [-0.25, -0.2) is 0 Å². The second kappa shape index (κ2) is 5.83. The average molecular weight is 261 g/mol. The Bertz CT molecular complexity index is 433. The number of rotatable bonds is 3. The van der Waals surface area contributed by atoms with Gasteiger partial charge in [0, 0.05) is 5.92 Å². The van der Waals surface area contributed by atoms with E-state index >= 15 is 0 Å². The lowest BCUT2D eigenvalue weighted by Crippen LogP contribution is -2.28. The predicted octanol–water partition coefficient (Wildman–Crippen LogP) is 4.25. The van der Waals surface area contributed by atoms with Crippen LogP contribution in [0.1, 0.15) is 54.7 Å². The Morgan fingerprint density at radius 1 is 1.22 bits per heavy atom. The second-order valence-corrected chi connectivity index (χ2v) is 6.11. The summed E-state index contributed by atoms with van der Waals surface area (Å²) < 4.78 is 0. The number of benzene rings is 1. The summed E-state index contributed by atoms with van der Waals surface area (Å²) in [6, 6.07) is 6.63. The van der Waals surface area contributed by atoms with Crippen LogP contribution in [0.2, 0.25) is 0 Å². The Labute approximate surface area is 116 Å². The van der Waals surface area contributed by atoms with Gasteiger partial charge in [0.25, 0.3) is 0 Å². The minimum Gasteiger partial charge on any atom is -0.393 e. The molecule has 1 atom stereocenters. The molecule has 0 spiro atoms. The first-order valence-corrected chi connectivity index (χ1v) is 7.37. The topological polar surface area (TPSA) is 26.0 Å². The summed E-state index contributed by atoms with van der Waals surface area (Å²) in [5.74, 6) is 0.928. The molecule has 2 heteroatoms. The molecule has 1 saturated carbocycles. The van der Waals surface area contributed by atoms with Crippen LogP contribution in [0.3, 0.4) is 0 Å². The van der Waals surface area contributed by atoms with Crippen molar-refractivity contribution >= 4 is 17.2 Å². The van der Waals surface area contributed by atoms with E-state index in [1.807, 2.05) is 0 Å². The fourth-order valence-corrected chi connectivity index (χ4v) is 3.52. The molecule has 0 heterocycles. The van der Waals surface area contributed by atoms with Crippen LogP contribution in [-0.4, -0.2) is 4.99 Å². The summed E-state index contributed by atoms with van der Waals surface area (Å²) in [5, 5.41) is 0. The molecule has 1 aliphatic rings. The van der Waals surface area contributed by atoms with E-state index in [9.17, 15) is 0 Å². The number of thiocarbonyl (C=S) groups is 1. The Kier molecular flexibility index (Phi) is 4.39. The molecule has 1 aromatic rings. The van der Waals surface area contributed by atoms with E-state index in [0.29, 0.717) is 10.9 Å². The third-order valence-electron chi connectivity index (χ3n) is 4.20. The van der Waals surface area contributed by atoms with Crippen molar-refractivity contribution in [3.05, 3.63) is 34.9 Å². The summed E-state index contributed by atoms with van der Waals surface area (Å²) in [4.78, 5) is 0.676. The van der Waals surface area contributed by atoms with Gasteiger partial charge in [-0.2, -0.15) is 0 Å². The molecule has 2 rings (SSSR count). The van der Waals surface area contributed by atoms with Gasteiger partial charge in [-0.15, -0.1) is 0 Å². The third kappa shape index (κ3) is 2.92. The molecule has 0 bridgehead atoms. The minimum atomic E-state index is 0.278. The molecule has 0 aromatic heterocycles. The van der Waals surface area contributed by atoms with Gasteiger partial charge in [0.15, 0.2) is 0 Å². The van der Waals surface area contributed by atoms with Gasteiger partial charge in [0.05, 0.1) is 4.99 Å². The summed E-state index contributed by atoms with van der Waals surface area (Å²) in [7, 11) is 0. The zero-order valence-corrected chi connectivity index (χ0v) is 12.2. The van der Waals surface area contributed by atoms with Gasteiger partial charge in [-0.3, -0.25) is 0 Å². The number of nitrogens with two attached hydrogens (primary N) is 1. The van der Waals surface area contributed by atoms with Crippen LogP contribution in [0.15, 0.2) is 18.2 Å². The van der Waals surface area contributed by atoms with Gasteiger partial charge in [-0.1, -0.05) is 55.2 Å². The molecule has 0 saturated heterocycles. The normalized spacial score (nSPS) is 18.6. The van der Waals surface area contributed by atoms with E-state index in [1.54, 1.807) is 0 Å². The van der Waals surface area contributed by atoms with Crippen molar-refractivity contribution < 1.29 is 0 Å². The first-order chi connectivity index (χ1) is 8.59. The first-order valence-electron chi connectivity index (χ1n) is 6.96. The number of hydrogen-bond donors (Lipinski definition) is 1. The smallest absolute Gasteiger partial charge is 0.0806 e. The van der Waals surface area contributed by atoms with E-state index < -0.39 is 0 Å². The van der Waals surface area contributed by atoms with Crippen molar-refractivity contribution in [2.75, 3.05) is 0 Å². The molecule has 1 aromatic carbocycles.